The van der Waals surface area contributed by atoms with Gasteiger partial charge in [-0.25, -0.2) is 0 Å². The number of benzene rings is 3. The fourth-order valence-electron chi connectivity index (χ4n) is 5.16. The third kappa shape index (κ3) is 5.56. The first kappa shape index (κ1) is 26.8. The number of rotatable bonds is 9. The Morgan fingerprint density at radius 1 is 0.486 bits per heavy atom. The molecule has 1 atom stereocenters. The van der Waals surface area contributed by atoms with Crippen molar-refractivity contribution in [1.29, 1.82) is 0 Å². The first-order valence-corrected chi connectivity index (χ1v) is 13.0. The second kappa shape index (κ2) is 11.3. The Morgan fingerprint density at radius 3 is 1.34 bits per heavy atom. The summed E-state index contributed by atoms with van der Waals surface area (Å²) in [5, 5.41) is 11.3. The highest BCUT2D eigenvalue weighted by atomic mass is 15.0. The molecule has 0 amide bonds. The summed E-state index contributed by atoms with van der Waals surface area (Å²) in [4.78, 5) is 0. The summed E-state index contributed by atoms with van der Waals surface area (Å²) in [6, 6.07) is 11.0. The van der Waals surface area contributed by atoms with Crippen LogP contribution in [0.2, 0.25) is 0 Å². The molecule has 0 aliphatic rings. The maximum absolute atomic E-state index is 3.81. The highest BCUT2D eigenvalue weighted by Gasteiger charge is 2.16. The monoisotopic (exact) mass is 471 g/mol. The van der Waals surface area contributed by atoms with Crippen molar-refractivity contribution in [3.05, 3.63) is 91.5 Å². The Balaban J connectivity index is 1.73. The van der Waals surface area contributed by atoms with Crippen molar-refractivity contribution >= 4 is 11.4 Å². The molecule has 3 rings (SSSR count). The Morgan fingerprint density at radius 2 is 0.886 bits per heavy atom. The zero-order chi connectivity index (χ0) is 25.9. The van der Waals surface area contributed by atoms with Crippen LogP contribution in [0.4, 0.5) is 11.4 Å². The van der Waals surface area contributed by atoms with Crippen LogP contribution in [0.3, 0.4) is 0 Å². The van der Waals surface area contributed by atoms with Crippen molar-refractivity contribution in [2.45, 2.75) is 75.3 Å². The van der Waals surface area contributed by atoms with Crippen molar-refractivity contribution in [1.82, 2.24) is 5.32 Å². The molecule has 0 aliphatic heterocycles. The van der Waals surface area contributed by atoms with Gasteiger partial charge >= 0.3 is 0 Å². The predicted octanol–water partition coefficient (Wildman–Crippen LogP) is 7.63. The minimum atomic E-state index is 0.224. The van der Waals surface area contributed by atoms with Gasteiger partial charge in [0.05, 0.1) is 0 Å². The molecule has 0 saturated carbocycles. The third-order valence-corrected chi connectivity index (χ3v) is 8.50. The summed E-state index contributed by atoms with van der Waals surface area (Å²) in [6.45, 7) is 25.0. The van der Waals surface area contributed by atoms with E-state index < -0.39 is 0 Å². The highest BCUT2D eigenvalue weighted by molar-refractivity contribution is 5.65. The van der Waals surface area contributed by atoms with Crippen LogP contribution in [0.1, 0.15) is 67.2 Å². The van der Waals surface area contributed by atoms with E-state index in [0.717, 1.165) is 19.6 Å². The molecule has 0 bridgehead atoms. The van der Waals surface area contributed by atoms with E-state index in [9.17, 15) is 0 Å². The van der Waals surface area contributed by atoms with Gasteiger partial charge in [-0.2, -0.15) is 0 Å². The van der Waals surface area contributed by atoms with Crippen LogP contribution in [0.25, 0.3) is 0 Å². The van der Waals surface area contributed by atoms with Gasteiger partial charge < -0.3 is 16.0 Å². The molecule has 1 unspecified atom stereocenters. The summed E-state index contributed by atoms with van der Waals surface area (Å²) in [7, 11) is 0. The van der Waals surface area contributed by atoms with Crippen molar-refractivity contribution in [3.8, 4) is 0 Å². The second-order valence-electron chi connectivity index (χ2n) is 10.2. The van der Waals surface area contributed by atoms with E-state index in [1.54, 1.807) is 0 Å². The van der Waals surface area contributed by atoms with E-state index >= 15 is 0 Å². The van der Waals surface area contributed by atoms with Crippen LogP contribution < -0.4 is 16.0 Å². The largest absolute Gasteiger partial charge is 0.383 e. The van der Waals surface area contributed by atoms with Gasteiger partial charge in [-0.15, -0.1) is 0 Å². The van der Waals surface area contributed by atoms with Gasteiger partial charge in [0.2, 0.25) is 0 Å². The average molecular weight is 472 g/mol. The first-order valence-electron chi connectivity index (χ1n) is 13.0. The minimum absolute atomic E-state index is 0.224. The Kier molecular flexibility index (Phi) is 8.66. The summed E-state index contributed by atoms with van der Waals surface area (Å²) in [6.07, 6.45) is 0. The molecule has 3 N–H and O–H groups in total. The van der Waals surface area contributed by atoms with Gasteiger partial charge in [-0.05, 0) is 130 Å². The molecule has 0 saturated heterocycles. The third-order valence-electron chi connectivity index (χ3n) is 8.50. The fourth-order valence-corrected chi connectivity index (χ4v) is 5.16. The molecular formula is C32H45N3. The van der Waals surface area contributed by atoms with E-state index in [1.807, 2.05) is 0 Å². The molecule has 35 heavy (non-hydrogen) atoms. The second-order valence-corrected chi connectivity index (χ2v) is 10.2. The van der Waals surface area contributed by atoms with Crippen LogP contribution in [0.5, 0.6) is 0 Å². The molecule has 0 fully saturated rings. The highest BCUT2D eigenvalue weighted by Crippen LogP contribution is 2.31. The first-order chi connectivity index (χ1) is 16.6. The molecular weight excluding hydrogens is 426 g/mol. The van der Waals surface area contributed by atoms with Crippen LogP contribution in [-0.2, 0) is 0 Å². The molecule has 3 aromatic rings. The number of nitrogens with one attached hydrogen (secondary N) is 3. The molecule has 3 nitrogen and oxygen atoms in total. The van der Waals surface area contributed by atoms with Crippen LogP contribution in [0, 0.1) is 69.2 Å². The SMILES string of the molecule is Cc1c(C)c(C)c(NCCNC(CNc2c(C)c(C)c(C)c(C)c2C)c2ccccc2)c(C)c1C. The molecule has 0 radical (unpaired) electrons. The van der Waals surface area contributed by atoms with Gasteiger partial charge in [0.25, 0.3) is 0 Å². The molecule has 3 aromatic carbocycles. The maximum atomic E-state index is 3.81. The quantitative estimate of drug-likeness (QED) is 0.281. The van der Waals surface area contributed by atoms with Crippen molar-refractivity contribution < 1.29 is 0 Å². The van der Waals surface area contributed by atoms with E-state index in [0.29, 0.717) is 0 Å². The van der Waals surface area contributed by atoms with Crippen molar-refractivity contribution in [2.24, 2.45) is 0 Å². The Bertz CT molecular complexity index is 1130. The smallest absolute Gasteiger partial charge is 0.0496 e. The lowest BCUT2D eigenvalue weighted by Gasteiger charge is -2.25. The van der Waals surface area contributed by atoms with E-state index in [-0.39, 0.29) is 6.04 Å². The maximum Gasteiger partial charge on any atom is 0.0496 e. The van der Waals surface area contributed by atoms with Crippen LogP contribution in [0.15, 0.2) is 30.3 Å². The lowest BCUT2D eigenvalue weighted by Crippen LogP contribution is -2.32. The lowest BCUT2D eigenvalue weighted by atomic mass is 9.92. The number of anilines is 2. The van der Waals surface area contributed by atoms with Crippen molar-refractivity contribution in [2.75, 3.05) is 30.3 Å². The van der Waals surface area contributed by atoms with E-state index in [1.165, 1.54) is 72.6 Å². The van der Waals surface area contributed by atoms with Gasteiger partial charge in [-0.3, -0.25) is 0 Å². The predicted molar refractivity (Wildman–Crippen MR) is 154 cm³/mol. The summed E-state index contributed by atoms with van der Waals surface area (Å²) in [5.41, 5.74) is 17.7. The number of hydrogen-bond acceptors (Lipinski definition) is 3. The zero-order valence-corrected chi connectivity index (χ0v) is 23.6. The Labute approximate surface area is 213 Å². The van der Waals surface area contributed by atoms with E-state index in [2.05, 4.69) is 116 Å². The lowest BCUT2D eigenvalue weighted by molar-refractivity contribution is 0.566. The summed E-state index contributed by atoms with van der Waals surface area (Å²) in [5.74, 6) is 0. The molecule has 0 aromatic heterocycles. The molecule has 0 spiro atoms. The fraction of sp³-hybridized carbons (Fsp3) is 0.438. The van der Waals surface area contributed by atoms with Gasteiger partial charge in [0.15, 0.2) is 0 Å². The molecule has 0 aliphatic carbocycles. The standard InChI is InChI=1S/C32H45N3/c1-19-21(3)25(7)31(26(8)22(19)4)34-17-16-33-30(29-14-12-11-13-15-29)18-35-32-27(9)23(5)20(2)24(6)28(32)10/h11-15,30,33-35H,16-18H2,1-10H3. The topological polar surface area (TPSA) is 36.1 Å². The van der Waals surface area contributed by atoms with Crippen LogP contribution in [-0.4, -0.2) is 19.6 Å². The van der Waals surface area contributed by atoms with Crippen molar-refractivity contribution in [3.63, 3.8) is 0 Å². The zero-order valence-electron chi connectivity index (χ0n) is 23.6. The molecule has 3 heteroatoms. The molecule has 188 valence electrons. The van der Waals surface area contributed by atoms with Crippen LogP contribution >= 0.6 is 0 Å². The normalized spacial score (nSPS) is 12.1. The van der Waals surface area contributed by atoms with Gasteiger partial charge in [-0.1, -0.05) is 30.3 Å². The van der Waals surface area contributed by atoms with Gasteiger partial charge in [0, 0.05) is 37.1 Å². The van der Waals surface area contributed by atoms with Gasteiger partial charge in [0.1, 0.15) is 0 Å². The minimum Gasteiger partial charge on any atom is -0.383 e. The summed E-state index contributed by atoms with van der Waals surface area (Å²) >= 11 is 0. The average Bonchev–Trinajstić information content (AvgIpc) is 2.87. The Hall–Kier alpha value is -2.78. The summed E-state index contributed by atoms with van der Waals surface area (Å²) < 4.78 is 0. The van der Waals surface area contributed by atoms with E-state index in [4.69, 9.17) is 0 Å². The number of hydrogen-bond donors (Lipinski definition) is 3. The molecule has 0 heterocycles.